The molecule has 0 saturated carbocycles. The van der Waals surface area contributed by atoms with E-state index in [-0.39, 0.29) is 35.1 Å². The van der Waals surface area contributed by atoms with E-state index in [0.717, 1.165) is 6.21 Å². The Morgan fingerprint density at radius 1 is 1.32 bits per heavy atom. The Kier molecular flexibility index (Phi) is 6.40. The van der Waals surface area contributed by atoms with Crippen LogP contribution in [0.4, 0.5) is 11.5 Å². The first kappa shape index (κ1) is 20.1. The van der Waals surface area contributed by atoms with Crippen LogP contribution in [-0.2, 0) is 4.79 Å². The van der Waals surface area contributed by atoms with E-state index in [0.29, 0.717) is 0 Å². The van der Waals surface area contributed by atoms with Gasteiger partial charge in [0.15, 0.2) is 0 Å². The molecule has 4 N–H and O–H groups in total. The van der Waals surface area contributed by atoms with Gasteiger partial charge in [-0.15, -0.1) is 5.10 Å². The monoisotopic (exact) mass is 393 g/mol. The van der Waals surface area contributed by atoms with Crippen molar-refractivity contribution < 1.29 is 19.2 Å². The minimum atomic E-state index is -0.796. The number of aromatic amines is 2. The van der Waals surface area contributed by atoms with Crippen LogP contribution in [0.2, 0.25) is 0 Å². The van der Waals surface area contributed by atoms with Gasteiger partial charge in [0.2, 0.25) is 11.6 Å². The van der Waals surface area contributed by atoms with Crippen LogP contribution in [0.3, 0.4) is 0 Å². The molecule has 0 atom stereocenters. The maximum absolute atomic E-state index is 11.8. The van der Waals surface area contributed by atoms with E-state index < -0.39 is 22.1 Å². The number of nitro groups is 1. The highest BCUT2D eigenvalue weighted by Gasteiger charge is 2.18. The van der Waals surface area contributed by atoms with E-state index in [1.807, 2.05) is 10.1 Å². The van der Waals surface area contributed by atoms with E-state index >= 15 is 0 Å². The molecule has 0 aliphatic rings. The lowest BCUT2D eigenvalue weighted by Gasteiger charge is -2.08. The highest BCUT2D eigenvalue weighted by molar-refractivity contribution is 5.87. The van der Waals surface area contributed by atoms with Gasteiger partial charge >= 0.3 is 11.4 Å². The number of hydrogen-bond acceptors (Lipinski definition) is 10. The van der Waals surface area contributed by atoms with Crippen molar-refractivity contribution in [3.05, 3.63) is 48.6 Å². The third kappa shape index (κ3) is 4.90. The number of ether oxygens (including phenoxy) is 2. The molecule has 0 saturated heterocycles. The second kappa shape index (κ2) is 8.93. The highest BCUT2D eigenvalue weighted by Crippen LogP contribution is 2.33. The number of carbonyl (C=O) groups is 1. The number of amides is 1. The molecule has 148 valence electrons. The molecule has 0 unspecified atom stereocenters. The summed E-state index contributed by atoms with van der Waals surface area (Å²) in [4.78, 5) is 46.4. The third-order valence-electron chi connectivity index (χ3n) is 3.25. The topological polar surface area (TPSA) is 194 Å². The predicted octanol–water partition coefficient (Wildman–Crippen LogP) is -1.05. The van der Waals surface area contributed by atoms with Gasteiger partial charge in [0, 0.05) is 17.7 Å². The molecule has 1 amide bonds. The molecular formula is C14H15N7O7. The Balaban J connectivity index is 2.06. The van der Waals surface area contributed by atoms with E-state index in [9.17, 15) is 24.5 Å². The molecule has 0 radical (unpaired) electrons. The first-order valence-electron chi connectivity index (χ1n) is 7.51. The molecule has 0 spiro atoms. The number of nitrogens with zero attached hydrogens (tertiary/aromatic N) is 3. The van der Waals surface area contributed by atoms with Crippen molar-refractivity contribution in [1.82, 2.24) is 20.6 Å². The van der Waals surface area contributed by atoms with Gasteiger partial charge in [-0.05, 0) is 0 Å². The summed E-state index contributed by atoms with van der Waals surface area (Å²) in [6.07, 6.45) is 1.15. The summed E-state index contributed by atoms with van der Waals surface area (Å²) in [6.45, 7) is -0.376. The Bertz CT molecular complexity index is 1030. The smallest absolute Gasteiger partial charge is 0.342 e. The molecule has 0 aliphatic heterocycles. The predicted molar refractivity (Wildman–Crippen MR) is 95.9 cm³/mol. The van der Waals surface area contributed by atoms with Crippen LogP contribution < -0.4 is 31.5 Å². The van der Waals surface area contributed by atoms with Crippen LogP contribution >= 0.6 is 0 Å². The number of methoxy groups -OCH3 is 2. The molecule has 14 nitrogen and oxygen atoms in total. The summed E-state index contributed by atoms with van der Waals surface area (Å²) >= 11 is 0. The van der Waals surface area contributed by atoms with Gasteiger partial charge in [-0.1, -0.05) is 0 Å². The number of anilines is 1. The van der Waals surface area contributed by atoms with Gasteiger partial charge in [0.1, 0.15) is 5.75 Å². The minimum Gasteiger partial charge on any atom is -0.496 e. The zero-order valence-electron chi connectivity index (χ0n) is 14.6. The van der Waals surface area contributed by atoms with E-state index in [1.54, 1.807) is 0 Å². The van der Waals surface area contributed by atoms with Crippen molar-refractivity contribution in [1.29, 1.82) is 0 Å². The van der Waals surface area contributed by atoms with Gasteiger partial charge < -0.3 is 14.8 Å². The normalized spacial score (nSPS) is 10.5. The minimum absolute atomic E-state index is 0.00543. The molecule has 1 aromatic carbocycles. The largest absolute Gasteiger partial charge is 0.496 e. The first-order valence-corrected chi connectivity index (χ1v) is 7.51. The van der Waals surface area contributed by atoms with Crippen molar-refractivity contribution in [3.8, 4) is 11.5 Å². The van der Waals surface area contributed by atoms with Crippen LogP contribution in [0, 0.1) is 10.1 Å². The fourth-order valence-corrected chi connectivity index (χ4v) is 1.99. The van der Waals surface area contributed by atoms with E-state index in [2.05, 4.69) is 20.9 Å². The fraction of sp³-hybridized carbons (Fsp3) is 0.214. The van der Waals surface area contributed by atoms with Crippen LogP contribution in [0.25, 0.3) is 0 Å². The summed E-state index contributed by atoms with van der Waals surface area (Å²) in [6, 6.07) is 2.49. The molecule has 1 heterocycles. The van der Waals surface area contributed by atoms with Crippen LogP contribution in [0.1, 0.15) is 5.56 Å². The lowest BCUT2D eigenvalue weighted by atomic mass is 10.1. The van der Waals surface area contributed by atoms with Crippen LogP contribution in [0.15, 0.2) is 26.8 Å². The molecule has 0 fully saturated rings. The molecule has 1 aromatic heterocycles. The third-order valence-corrected chi connectivity index (χ3v) is 3.25. The number of aromatic nitrogens is 3. The second-order valence-electron chi connectivity index (χ2n) is 5.03. The number of nitro benzene ring substituents is 1. The van der Waals surface area contributed by atoms with E-state index in [1.165, 1.54) is 26.4 Å². The average molecular weight is 393 g/mol. The van der Waals surface area contributed by atoms with Crippen molar-refractivity contribution >= 4 is 23.6 Å². The summed E-state index contributed by atoms with van der Waals surface area (Å²) in [5.41, 5.74) is 0.499. The van der Waals surface area contributed by atoms with Crippen molar-refractivity contribution in [2.45, 2.75) is 0 Å². The Morgan fingerprint density at radius 2 is 2.04 bits per heavy atom. The van der Waals surface area contributed by atoms with Gasteiger partial charge in [-0.2, -0.15) is 5.10 Å². The Hall–Kier alpha value is -4.23. The number of carbonyl (C=O) groups excluding carboxylic acids is 1. The second-order valence-corrected chi connectivity index (χ2v) is 5.03. The number of rotatable bonds is 8. The fourth-order valence-electron chi connectivity index (χ4n) is 1.99. The quantitative estimate of drug-likeness (QED) is 0.246. The standard InChI is InChI=1S/C14H15N7O7/c1-27-9-4-10(28-2)8(21(25)26)3-7(9)5-16-18-11(22)6-15-12-13(23)17-14(24)20-19-12/h3-5H,6H2,1-2H3,(H,15,19)(H,18,22)(H2,17,20,23,24)/b16-5+. The summed E-state index contributed by atoms with van der Waals surface area (Å²) in [5.74, 6) is -0.662. The molecule has 0 bridgehead atoms. The van der Waals surface area contributed by atoms with Gasteiger partial charge in [-0.3, -0.25) is 24.7 Å². The zero-order valence-corrected chi connectivity index (χ0v) is 14.6. The molecule has 2 aromatic rings. The van der Waals surface area contributed by atoms with Gasteiger partial charge in [-0.25, -0.2) is 15.3 Å². The molecule has 0 aliphatic carbocycles. The molecule has 28 heavy (non-hydrogen) atoms. The van der Waals surface area contributed by atoms with Crippen LogP contribution in [-0.4, -0.2) is 53.0 Å². The Morgan fingerprint density at radius 3 is 2.64 bits per heavy atom. The SMILES string of the molecule is COc1cc(OC)c([N+](=O)[O-])cc1/C=N/NC(=O)CNc1n[nH]c(=O)[nH]c1=O. The molecule has 2 rings (SSSR count). The number of nitrogens with one attached hydrogen (secondary N) is 4. The number of hydrazone groups is 1. The lowest BCUT2D eigenvalue weighted by molar-refractivity contribution is -0.385. The van der Waals surface area contributed by atoms with Crippen LogP contribution in [0.5, 0.6) is 11.5 Å². The Labute approximate surface area is 155 Å². The number of hydrogen-bond donors (Lipinski definition) is 4. The molecular weight excluding hydrogens is 378 g/mol. The number of benzene rings is 1. The van der Waals surface area contributed by atoms with Crippen molar-refractivity contribution in [2.75, 3.05) is 26.1 Å². The number of H-pyrrole nitrogens is 2. The lowest BCUT2D eigenvalue weighted by Crippen LogP contribution is -2.31. The first-order chi connectivity index (χ1) is 13.3. The summed E-state index contributed by atoms with van der Waals surface area (Å²) in [5, 5.41) is 22.6. The van der Waals surface area contributed by atoms with Gasteiger partial charge in [0.25, 0.3) is 11.5 Å². The zero-order chi connectivity index (χ0) is 20.7. The average Bonchev–Trinajstić information content (AvgIpc) is 2.66. The van der Waals surface area contributed by atoms with E-state index in [4.69, 9.17) is 9.47 Å². The highest BCUT2D eigenvalue weighted by atomic mass is 16.6. The van der Waals surface area contributed by atoms with Crippen molar-refractivity contribution in [3.63, 3.8) is 0 Å². The van der Waals surface area contributed by atoms with Gasteiger partial charge in [0.05, 0.1) is 31.9 Å². The maximum atomic E-state index is 11.8. The summed E-state index contributed by atoms with van der Waals surface area (Å²) < 4.78 is 10.1. The molecule has 14 heteroatoms. The summed E-state index contributed by atoms with van der Waals surface area (Å²) in [7, 11) is 2.64. The van der Waals surface area contributed by atoms with Crippen molar-refractivity contribution in [2.24, 2.45) is 5.10 Å². The maximum Gasteiger partial charge on any atom is 0.342 e.